The number of carboxylic acids is 2. The molecule has 203 valence electrons. The van der Waals surface area contributed by atoms with Gasteiger partial charge < -0.3 is 32.8 Å². The van der Waals surface area contributed by atoms with Gasteiger partial charge in [0.1, 0.15) is 0 Å². The minimum absolute atomic E-state index is 0. The molecule has 2 atom stereocenters. The van der Waals surface area contributed by atoms with Crippen LogP contribution >= 0.6 is 34.2 Å². The number of nitrogens with zero attached hydrogens (tertiary/aromatic N) is 2. The van der Waals surface area contributed by atoms with Crippen molar-refractivity contribution >= 4 is 46.1 Å². The van der Waals surface area contributed by atoms with Crippen LogP contribution in [0.5, 0.6) is 0 Å². The maximum absolute atomic E-state index is 9.64. The summed E-state index contributed by atoms with van der Waals surface area (Å²) >= 11 is 8.50. The molecule has 0 spiro atoms. The Morgan fingerprint density at radius 1 is 1.16 bits per heavy atom. The fraction of sp³-hybridized carbons (Fsp3) is 0.464. The van der Waals surface area contributed by atoms with Gasteiger partial charge in [0.25, 0.3) is 0 Å². The van der Waals surface area contributed by atoms with E-state index in [0.717, 1.165) is 11.1 Å². The molecule has 0 amide bonds. The number of rotatable bonds is 5. The van der Waals surface area contributed by atoms with E-state index in [2.05, 4.69) is 27.5 Å². The quantitative estimate of drug-likeness (QED) is 0.277. The Bertz CT molecular complexity index is 1330. The van der Waals surface area contributed by atoms with Crippen molar-refractivity contribution in [2.24, 2.45) is 0 Å². The van der Waals surface area contributed by atoms with Crippen molar-refractivity contribution in [1.29, 1.82) is 0 Å². The molecule has 1 fully saturated rings. The first-order valence-electron chi connectivity index (χ1n) is 15.5. The van der Waals surface area contributed by atoms with E-state index in [4.69, 9.17) is 32.8 Å². The number of halogens is 2. The van der Waals surface area contributed by atoms with Crippen molar-refractivity contribution in [1.82, 2.24) is 9.80 Å². The Kier molecular flexibility index (Phi) is 9.88. The normalized spacial score (nSPS) is 23.7. The van der Waals surface area contributed by atoms with Gasteiger partial charge in [-0.05, 0) is 56.1 Å². The molecule has 2 aliphatic rings. The average Bonchev–Trinajstić information content (AvgIpc) is 3.27. The third kappa shape index (κ3) is 10.2. The van der Waals surface area contributed by atoms with Crippen LogP contribution in [0.1, 0.15) is 79.6 Å². The van der Waals surface area contributed by atoms with Crippen molar-refractivity contribution in [3.63, 3.8) is 0 Å². The molecule has 2 aromatic carbocycles. The molecule has 1 heterocycles. The summed E-state index contributed by atoms with van der Waals surface area (Å²) < 4.78 is 66.7. The second kappa shape index (κ2) is 16.1. The molecule has 0 aromatic heterocycles. The fourth-order valence-corrected chi connectivity index (χ4v) is 4.53. The van der Waals surface area contributed by atoms with Crippen LogP contribution in [0.25, 0.3) is 0 Å². The molecule has 9 heteroatoms. The number of carbonyl (C=O) groups is 2. The third-order valence-corrected chi connectivity index (χ3v) is 6.27. The second-order valence-corrected chi connectivity index (χ2v) is 10.7. The average molecular weight is 687 g/mol. The van der Waals surface area contributed by atoms with E-state index in [-0.39, 0.29) is 67.5 Å². The molecule has 4 rings (SSSR count). The molecule has 0 bridgehead atoms. The summed E-state index contributed by atoms with van der Waals surface area (Å²) in [4.78, 5) is 23.1. The van der Waals surface area contributed by atoms with Crippen LogP contribution in [0.2, 0.25) is 5.02 Å². The predicted octanol–water partition coefficient (Wildman–Crippen LogP) is 6.48. The first-order chi connectivity index (χ1) is 20.3. The Morgan fingerprint density at radius 2 is 1.76 bits per heavy atom. The fourth-order valence-electron chi connectivity index (χ4n) is 4.35. The van der Waals surface area contributed by atoms with Crippen LogP contribution in [0, 0.1) is 4.43 Å². The van der Waals surface area contributed by atoms with Gasteiger partial charge in [0.15, 0.2) is 0 Å². The minimum atomic E-state index is -2.18. The minimum Gasteiger partial charge on any atom is -0.481 e. The number of aliphatic carboxylic acids is 2. The van der Waals surface area contributed by atoms with E-state index < -0.39 is 30.5 Å². The van der Waals surface area contributed by atoms with Crippen molar-refractivity contribution in [2.45, 2.75) is 57.5 Å². The topological polar surface area (TPSA) is 81.1 Å². The molecule has 0 saturated carbocycles. The smallest absolute Gasteiger partial charge is 0.303 e. The number of benzene rings is 2. The molecule has 6 nitrogen and oxygen atoms in total. The molecule has 2 aromatic rings. The van der Waals surface area contributed by atoms with Gasteiger partial charge in [0.05, 0.1) is 19.7 Å². The monoisotopic (exact) mass is 686 g/mol. The Balaban J connectivity index is 0.000000728. The maximum atomic E-state index is 9.64. The standard InChI is InChI=1S/C22H27ClN2.C4H6O4.C2H4I.V/c1-22(2)15-25(12-11-24(22)3)21-14-19(16-7-5-4-6-8-16)18-10-9-17(23)13-20(18)21;5-3(6)1-2-4(7)8;1-2-3;/h4-10,13,19,21H,11-12,14-15H2,1-3H3;1-2H2,(H,5,6)(H,7,8);2H,1H3;/q;;-1;/t19-,21+;;;/m1.../s1/i3D3,4D,5D,6D,7D,8D;;;. The second-order valence-electron chi connectivity index (χ2n) is 9.06. The molecular formula is C28H37ClIN2O4V-. The summed E-state index contributed by atoms with van der Waals surface area (Å²) in [5.41, 5.74) is 1.58. The first-order valence-corrected chi connectivity index (χ1v) is 13.1. The van der Waals surface area contributed by atoms with Crippen LogP contribution < -0.4 is 0 Å². The van der Waals surface area contributed by atoms with Crippen molar-refractivity contribution < 1.29 is 49.3 Å². The molecule has 2 N–H and O–H groups in total. The van der Waals surface area contributed by atoms with Gasteiger partial charge in [-0.25, -0.2) is 0 Å². The van der Waals surface area contributed by atoms with Gasteiger partial charge in [0, 0.05) is 64.8 Å². The van der Waals surface area contributed by atoms with Gasteiger partial charge in [-0.1, -0.05) is 47.9 Å². The SMILES string of the molecule is C[CH-]I.O=C(O)CCC(=O)O.[2H]c1c([2H])c([2H])c([C@H]2C[C@H](N3CCN(C([2H])([2H])[2H])C(C)(C)C3)c3cc(Cl)ccc32)c([2H])c1[2H].[V]. The zero-order valence-electron chi connectivity index (χ0n) is 29.0. The molecular weight excluding hydrogens is 642 g/mol. The van der Waals surface area contributed by atoms with Crippen LogP contribution in [0.15, 0.2) is 48.4 Å². The molecule has 1 aliphatic carbocycles. The van der Waals surface area contributed by atoms with E-state index >= 15 is 0 Å². The summed E-state index contributed by atoms with van der Waals surface area (Å²) in [6.45, 7) is 5.11. The molecule has 1 aliphatic heterocycles. The maximum Gasteiger partial charge on any atom is 0.303 e. The van der Waals surface area contributed by atoms with Gasteiger partial charge in [-0.3, -0.25) is 23.8 Å². The van der Waals surface area contributed by atoms with E-state index in [9.17, 15) is 9.59 Å². The van der Waals surface area contributed by atoms with E-state index in [1.54, 1.807) is 11.0 Å². The van der Waals surface area contributed by atoms with Gasteiger partial charge >= 0.3 is 11.9 Å². The van der Waals surface area contributed by atoms with Crippen molar-refractivity contribution in [3.8, 4) is 0 Å². The zero-order valence-corrected chi connectivity index (χ0v) is 25.3. The van der Waals surface area contributed by atoms with E-state index in [0.29, 0.717) is 36.6 Å². The van der Waals surface area contributed by atoms with Crippen LogP contribution in [0.4, 0.5) is 0 Å². The Labute approximate surface area is 263 Å². The first kappa shape index (κ1) is 22.7. The summed E-state index contributed by atoms with van der Waals surface area (Å²) in [5, 5.41) is 16.4. The van der Waals surface area contributed by atoms with Crippen LogP contribution in [-0.2, 0) is 28.1 Å². The molecule has 37 heavy (non-hydrogen) atoms. The van der Waals surface area contributed by atoms with Crippen LogP contribution in [-0.4, -0.2) is 64.1 Å². The number of likely N-dealkylation sites (N-methyl/N-ethyl adjacent to an activating group) is 1. The van der Waals surface area contributed by atoms with Crippen molar-refractivity contribution in [3.05, 3.63) is 74.6 Å². The van der Waals surface area contributed by atoms with Gasteiger partial charge in [0.2, 0.25) is 0 Å². The Hall–Kier alpha value is -1.10. The zero-order chi connectivity index (χ0) is 33.7. The van der Waals surface area contributed by atoms with E-state index in [1.807, 2.05) is 37.3 Å². The molecule has 1 saturated heterocycles. The molecule has 0 unspecified atom stereocenters. The third-order valence-electron chi connectivity index (χ3n) is 6.04. The summed E-state index contributed by atoms with van der Waals surface area (Å²) in [6, 6.07) is 4.01. The van der Waals surface area contributed by atoms with Gasteiger partial charge in [-0.15, -0.1) is 0 Å². The number of fused-ring (bicyclic) bond motifs is 1. The van der Waals surface area contributed by atoms with Gasteiger partial charge in [-0.2, -0.15) is 6.92 Å². The van der Waals surface area contributed by atoms with Crippen LogP contribution in [0.3, 0.4) is 0 Å². The number of hydrogen-bond acceptors (Lipinski definition) is 4. The molecule has 1 radical (unpaired) electrons. The van der Waals surface area contributed by atoms with E-state index in [1.165, 1.54) is 0 Å². The Morgan fingerprint density at radius 3 is 2.27 bits per heavy atom. The summed E-state index contributed by atoms with van der Waals surface area (Å²) in [5.74, 6) is -2.53. The number of hydrogen-bond donors (Lipinski definition) is 2. The number of piperazine rings is 1. The summed E-state index contributed by atoms with van der Waals surface area (Å²) in [6.07, 6.45) is -0.0574. The largest absolute Gasteiger partial charge is 0.481 e. The summed E-state index contributed by atoms with van der Waals surface area (Å²) in [7, 11) is 0. The van der Waals surface area contributed by atoms with Crippen molar-refractivity contribution in [2.75, 3.05) is 26.6 Å². The number of carboxylic acid groups (broad SMARTS) is 2. The predicted molar refractivity (Wildman–Crippen MR) is 154 cm³/mol.